The van der Waals surface area contributed by atoms with Gasteiger partial charge in [-0.05, 0) is 46.5 Å². The second-order valence-electron chi connectivity index (χ2n) is 7.58. The molecule has 3 aliphatic carbocycles. The molecule has 3 aliphatic rings. The van der Waals surface area contributed by atoms with Gasteiger partial charge in [0.25, 0.3) is 0 Å². The van der Waals surface area contributed by atoms with E-state index in [2.05, 4.69) is 5.32 Å². The highest BCUT2D eigenvalue weighted by atomic mass is 35.5. The van der Waals surface area contributed by atoms with Crippen LogP contribution < -0.4 is 10.4 Å². The molecule has 0 heterocycles. The molecule has 0 aromatic heterocycles. The van der Waals surface area contributed by atoms with Crippen LogP contribution >= 0.6 is 11.6 Å². The van der Waals surface area contributed by atoms with E-state index in [0.717, 1.165) is 22.3 Å². The van der Waals surface area contributed by atoms with Crippen molar-refractivity contribution in [2.45, 2.75) is 11.8 Å². The number of rotatable bonds is 3. The molecule has 3 aromatic rings. The molecule has 2 atom stereocenters. The molecule has 0 aliphatic heterocycles. The van der Waals surface area contributed by atoms with Crippen molar-refractivity contribution in [2.24, 2.45) is 11.8 Å². The molecule has 3 aromatic carbocycles. The highest BCUT2D eigenvalue weighted by Gasteiger charge is 2.52. The van der Waals surface area contributed by atoms with E-state index in [1.54, 1.807) is 24.3 Å². The summed E-state index contributed by atoms with van der Waals surface area (Å²) in [5, 5.41) is 15.7. The second-order valence-corrected chi connectivity index (χ2v) is 8.02. The van der Waals surface area contributed by atoms with Crippen molar-refractivity contribution in [2.75, 3.05) is 5.32 Å². The first-order valence-corrected chi connectivity index (χ1v) is 9.89. The second kappa shape index (κ2) is 6.75. The molecule has 5 heteroatoms. The highest BCUT2D eigenvalue weighted by Crippen LogP contribution is 2.58. The average molecular weight is 403 g/mol. The van der Waals surface area contributed by atoms with Gasteiger partial charge < -0.3 is 15.2 Å². The van der Waals surface area contributed by atoms with E-state index in [-0.39, 0.29) is 11.8 Å². The number of hydrogen-bond donors (Lipinski definition) is 1. The Labute approximate surface area is 173 Å². The molecule has 1 amide bonds. The van der Waals surface area contributed by atoms with Crippen LogP contribution in [0, 0.1) is 11.8 Å². The topological polar surface area (TPSA) is 69.2 Å². The van der Waals surface area contributed by atoms with Crippen LogP contribution in [0.1, 0.15) is 34.1 Å². The molecule has 0 saturated heterocycles. The molecule has 144 valence electrons. The van der Waals surface area contributed by atoms with Crippen molar-refractivity contribution in [1.29, 1.82) is 0 Å². The van der Waals surface area contributed by atoms with Crippen LogP contribution in [0.5, 0.6) is 0 Å². The van der Waals surface area contributed by atoms with Gasteiger partial charge in [-0.2, -0.15) is 0 Å². The average Bonchev–Trinajstić information content (AvgIpc) is 2.74. The van der Waals surface area contributed by atoms with Gasteiger partial charge in [0, 0.05) is 34.4 Å². The van der Waals surface area contributed by atoms with E-state index in [4.69, 9.17) is 11.6 Å². The van der Waals surface area contributed by atoms with Gasteiger partial charge in [-0.1, -0.05) is 60.1 Å². The summed E-state index contributed by atoms with van der Waals surface area (Å²) in [6.45, 7) is 0. The number of carbonyl (C=O) groups is 2. The van der Waals surface area contributed by atoms with Crippen molar-refractivity contribution < 1.29 is 14.7 Å². The number of nitrogens with one attached hydrogen (secondary N) is 1. The number of aliphatic carboxylic acids is 1. The Kier molecular flexibility index (Phi) is 4.18. The third-order valence-corrected chi connectivity index (χ3v) is 6.38. The smallest absolute Gasteiger partial charge is 0.229 e. The third kappa shape index (κ3) is 2.75. The molecule has 0 radical (unpaired) electrons. The molecule has 29 heavy (non-hydrogen) atoms. The molecule has 1 N–H and O–H groups in total. The summed E-state index contributed by atoms with van der Waals surface area (Å²) in [4.78, 5) is 25.6. The summed E-state index contributed by atoms with van der Waals surface area (Å²) in [6, 6.07) is 22.4. The van der Waals surface area contributed by atoms with Crippen LogP contribution in [0.15, 0.2) is 72.8 Å². The lowest BCUT2D eigenvalue weighted by atomic mass is 9.54. The van der Waals surface area contributed by atoms with Crippen LogP contribution in [-0.2, 0) is 9.59 Å². The lowest BCUT2D eigenvalue weighted by Gasteiger charge is -2.50. The van der Waals surface area contributed by atoms with Gasteiger partial charge in [0.05, 0.1) is 5.92 Å². The molecule has 0 fully saturated rings. The van der Waals surface area contributed by atoms with Crippen LogP contribution in [0.25, 0.3) is 0 Å². The molecule has 0 spiro atoms. The molecule has 6 rings (SSSR count). The normalized spacial score (nSPS) is 23.8. The number of benzene rings is 3. The van der Waals surface area contributed by atoms with Gasteiger partial charge in [-0.25, -0.2) is 0 Å². The summed E-state index contributed by atoms with van der Waals surface area (Å²) < 4.78 is 0. The first-order chi connectivity index (χ1) is 14.1. The van der Waals surface area contributed by atoms with Crippen molar-refractivity contribution in [3.8, 4) is 0 Å². The molecule has 4 nitrogen and oxygen atoms in total. The minimum atomic E-state index is -1.19. The fourth-order valence-corrected chi connectivity index (χ4v) is 5.16. The van der Waals surface area contributed by atoms with Crippen LogP contribution in [0.3, 0.4) is 0 Å². The van der Waals surface area contributed by atoms with Crippen molar-refractivity contribution in [3.05, 3.63) is 100 Å². The fourth-order valence-electron chi connectivity index (χ4n) is 5.03. The van der Waals surface area contributed by atoms with Crippen molar-refractivity contribution >= 4 is 29.2 Å². The maximum atomic E-state index is 13.3. The van der Waals surface area contributed by atoms with E-state index in [9.17, 15) is 14.7 Å². The minimum Gasteiger partial charge on any atom is -0.550 e. The number of hydrogen-bond acceptors (Lipinski definition) is 3. The Balaban J connectivity index is 1.64. The molecular formula is C24H17ClNO3-. The maximum Gasteiger partial charge on any atom is 0.229 e. The monoisotopic (exact) mass is 402 g/mol. The van der Waals surface area contributed by atoms with Gasteiger partial charge in [0.2, 0.25) is 5.91 Å². The Morgan fingerprint density at radius 2 is 1.17 bits per heavy atom. The quantitative estimate of drug-likeness (QED) is 0.728. The SMILES string of the molecule is O=C(Nc1ccc(Cl)cc1)[C@@H]1C2c3ccccc3C(c3ccccc32)[C@@H]1C(=O)[O-]. The number of carboxylic acid groups (broad SMARTS) is 1. The molecule has 2 bridgehead atoms. The Hall–Kier alpha value is -3.11. The highest BCUT2D eigenvalue weighted by molar-refractivity contribution is 6.30. The minimum absolute atomic E-state index is 0.319. The summed E-state index contributed by atoms with van der Waals surface area (Å²) >= 11 is 5.93. The Morgan fingerprint density at radius 3 is 1.62 bits per heavy atom. The summed E-state index contributed by atoms with van der Waals surface area (Å²) in [7, 11) is 0. The van der Waals surface area contributed by atoms with Gasteiger partial charge in [0.15, 0.2) is 0 Å². The van der Waals surface area contributed by atoms with E-state index in [0.29, 0.717) is 10.7 Å². The van der Waals surface area contributed by atoms with Gasteiger partial charge >= 0.3 is 0 Å². The fraction of sp³-hybridized carbons (Fsp3) is 0.167. The number of fused-ring (bicyclic) bond motifs is 1. The largest absolute Gasteiger partial charge is 0.550 e. The number of carboxylic acids is 1. The van der Waals surface area contributed by atoms with Gasteiger partial charge in [-0.15, -0.1) is 0 Å². The summed E-state index contributed by atoms with van der Waals surface area (Å²) in [6.07, 6.45) is 0. The zero-order chi connectivity index (χ0) is 20.1. The zero-order valence-electron chi connectivity index (χ0n) is 15.3. The number of anilines is 1. The Morgan fingerprint density at radius 1 is 0.724 bits per heavy atom. The number of amides is 1. The first kappa shape index (κ1) is 18.0. The third-order valence-electron chi connectivity index (χ3n) is 6.12. The lowest BCUT2D eigenvalue weighted by Crippen LogP contribution is -2.52. The van der Waals surface area contributed by atoms with Crippen molar-refractivity contribution in [3.63, 3.8) is 0 Å². The zero-order valence-corrected chi connectivity index (χ0v) is 16.1. The van der Waals surface area contributed by atoms with Gasteiger partial charge in [-0.3, -0.25) is 4.79 Å². The predicted molar refractivity (Wildman–Crippen MR) is 109 cm³/mol. The van der Waals surface area contributed by atoms with Gasteiger partial charge in [0.1, 0.15) is 0 Å². The molecule has 0 saturated carbocycles. The standard InChI is InChI=1S/C24H18ClNO3/c25-13-9-11-14(12-10-13)26-23(27)21-19-15-5-1-3-7-17(15)20(22(21)24(28)29)18-8-4-2-6-16(18)19/h1-12,19-22H,(H,26,27)(H,28,29)/p-1/t19?,20?,21-,22+/m1/s1. The van der Waals surface area contributed by atoms with E-state index in [1.165, 1.54) is 0 Å². The summed E-state index contributed by atoms with van der Waals surface area (Å²) in [5.74, 6) is -3.94. The van der Waals surface area contributed by atoms with Crippen LogP contribution in [-0.4, -0.2) is 11.9 Å². The van der Waals surface area contributed by atoms with E-state index >= 15 is 0 Å². The molecular weight excluding hydrogens is 386 g/mol. The van der Waals surface area contributed by atoms with Crippen LogP contribution in [0.2, 0.25) is 5.02 Å². The first-order valence-electron chi connectivity index (χ1n) is 9.51. The Bertz CT molecular complexity index is 1080. The lowest BCUT2D eigenvalue weighted by molar-refractivity contribution is -0.314. The van der Waals surface area contributed by atoms with Crippen LogP contribution in [0.4, 0.5) is 5.69 Å². The molecule has 0 unspecified atom stereocenters. The maximum absolute atomic E-state index is 13.3. The number of halogens is 1. The summed E-state index contributed by atoms with van der Waals surface area (Å²) in [5.41, 5.74) is 4.57. The predicted octanol–water partition coefficient (Wildman–Crippen LogP) is 3.55. The van der Waals surface area contributed by atoms with Crippen molar-refractivity contribution in [1.82, 2.24) is 0 Å². The van der Waals surface area contributed by atoms with E-state index < -0.39 is 23.7 Å². The number of carbonyl (C=O) groups excluding carboxylic acids is 2. The van der Waals surface area contributed by atoms with E-state index in [1.807, 2.05) is 48.5 Å².